The van der Waals surface area contributed by atoms with E-state index in [-0.39, 0.29) is 65.8 Å². The minimum absolute atomic E-state index is 0.00583. The van der Waals surface area contributed by atoms with E-state index in [2.05, 4.69) is 45.8 Å². The second-order valence-electron chi connectivity index (χ2n) is 15.2. The van der Waals surface area contributed by atoms with E-state index in [0.29, 0.717) is 36.5 Å². The average Bonchev–Trinajstić information content (AvgIpc) is 3.91. The van der Waals surface area contributed by atoms with E-state index in [1.54, 1.807) is 26.2 Å². The maximum atomic E-state index is 15.9. The average molecular weight is 837 g/mol. The Balaban J connectivity index is 0.975. The number of piperidine rings is 1. The lowest BCUT2D eigenvalue weighted by atomic mass is 9.88. The molecule has 2 saturated heterocycles. The lowest BCUT2D eigenvalue weighted by Gasteiger charge is -2.38. The van der Waals surface area contributed by atoms with Crippen LogP contribution in [0.1, 0.15) is 84.1 Å². The number of aryl methyl sites for hydroxylation is 1. The predicted molar refractivity (Wildman–Crippen MR) is 204 cm³/mol. The highest BCUT2D eigenvalue weighted by molar-refractivity contribution is 6.05. The number of likely N-dealkylation sites (tertiary alicyclic amines) is 1. The lowest BCUT2D eigenvalue weighted by molar-refractivity contribution is -0.182. The molecule has 4 amide bonds. The number of methoxy groups -OCH3 is 1. The number of aromatic amines is 1. The molecule has 60 heavy (non-hydrogen) atoms. The van der Waals surface area contributed by atoms with Gasteiger partial charge in [0.05, 0.1) is 24.9 Å². The van der Waals surface area contributed by atoms with Crippen LogP contribution in [0.3, 0.4) is 0 Å². The van der Waals surface area contributed by atoms with Gasteiger partial charge in [-0.15, -0.1) is 0 Å². The zero-order valence-electron chi connectivity index (χ0n) is 33.0. The molecule has 5 aromatic rings. The Bertz CT molecular complexity index is 2410. The number of urea groups is 1. The van der Waals surface area contributed by atoms with Crippen molar-refractivity contribution in [1.82, 2.24) is 45.8 Å². The highest BCUT2D eigenvalue weighted by Crippen LogP contribution is 2.39. The summed E-state index contributed by atoms with van der Waals surface area (Å²) in [7, 11) is 1.58. The number of hydrogen-bond donors (Lipinski definition) is 3. The molecular weight excluding hydrogens is 795 g/mol. The van der Waals surface area contributed by atoms with Crippen LogP contribution in [0, 0.1) is 18.6 Å². The molecule has 3 N–H and O–H groups in total. The Kier molecular flexibility index (Phi) is 11.8. The summed E-state index contributed by atoms with van der Waals surface area (Å²) < 4.78 is 81.9. The van der Waals surface area contributed by atoms with Crippen LogP contribution in [-0.2, 0) is 21.5 Å². The van der Waals surface area contributed by atoms with Gasteiger partial charge >= 0.3 is 12.2 Å². The molecule has 2 aliphatic heterocycles. The first-order chi connectivity index (χ1) is 28.5. The van der Waals surface area contributed by atoms with E-state index in [1.807, 2.05) is 12.1 Å². The maximum absolute atomic E-state index is 15.9. The molecule has 0 radical (unpaired) electrons. The van der Waals surface area contributed by atoms with Gasteiger partial charge in [0.25, 0.3) is 5.91 Å². The van der Waals surface area contributed by atoms with Gasteiger partial charge in [-0.05, 0) is 81.9 Å². The van der Waals surface area contributed by atoms with Crippen LogP contribution in [0.2, 0.25) is 0 Å². The van der Waals surface area contributed by atoms with E-state index in [9.17, 15) is 27.6 Å². The van der Waals surface area contributed by atoms with Crippen molar-refractivity contribution in [1.29, 1.82) is 0 Å². The summed E-state index contributed by atoms with van der Waals surface area (Å²) in [5, 5.41) is 14.6. The standard InChI is InChI=1S/C40H41F5N10O5/c1-21-26(18-46-35(48-21)29-17-32(60-53-29)36(57)47-19-33-49-37(52-51-33)39(2,3)40(43,44)45)25-7-5-24(16-27(25)41)31(20-59-4)54-12-9-22(10-13-54)23-6-8-30(28(42)15-23)55-14-11-34(56)50-38(55)58/h5-8,15-18,22,31H,9-14,19-20H2,1-4H3,(H,47,57)(H,49,51,52)(H,50,56,58). The minimum Gasteiger partial charge on any atom is -0.383 e. The number of imide groups is 1. The van der Waals surface area contributed by atoms with Crippen molar-refractivity contribution in [3.63, 3.8) is 0 Å². The first-order valence-corrected chi connectivity index (χ1v) is 19.0. The van der Waals surface area contributed by atoms with Crippen molar-refractivity contribution in [2.24, 2.45) is 0 Å². The Morgan fingerprint density at radius 1 is 1.02 bits per heavy atom. The molecule has 0 spiro atoms. The molecule has 3 aromatic heterocycles. The van der Waals surface area contributed by atoms with Crippen LogP contribution >= 0.6 is 0 Å². The summed E-state index contributed by atoms with van der Waals surface area (Å²) in [6.45, 7) is 5.03. The van der Waals surface area contributed by atoms with Crippen molar-refractivity contribution in [2.45, 2.75) is 70.1 Å². The normalized spacial score (nSPS) is 16.2. The van der Waals surface area contributed by atoms with Gasteiger partial charge in [0.15, 0.2) is 17.3 Å². The number of aromatic nitrogens is 6. The number of nitrogens with zero attached hydrogens (tertiary/aromatic N) is 7. The third-order valence-corrected chi connectivity index (χ3v) is 10.9. The zero-order chi connectivity index (χ0) is 42.9. The van der Waals surface area contributed by atoms with Gasteiger partial charge < -0.3 is 14.6 Å². The molecule has 5 heterocycles. The van der Waals surface area contributed by atoms with Gasteiger partial charge in [0.2, 0.25) is 11.7 Å². The summed E-state index contributed by atoms with van der Waals surface area (Å²) in [5.74, 6) is -2.63. The Morgan fingerprint density at radius 3 is 2.45 bits per heavy atom. The number of rotatable bonds is 12. The van der Waals surface area contributed by atoms with E-state index in [0.717, 1.165) is 32.3 Å². The number of halogens is 5. The van der Waals surface area contributed by atoms with Crippen molar-refractivity contribution in [3.8, 4) is 22.6 Å². The third kappa shape index (κ3) is 8.60. The third-order valence-electron chi connectivity index (χ3n) is 10.9. The fraction of sp³-hybridized carbons (Fsp3) is 0.400. The van der Waals surface area contributed by atoms with Crippen LogP contribution in [0.4, 0.5) is 32.4 Å². The lowest BCUT2D eigenvalue weighted by Crippen LogP contribution is -2.49. The fourth-order valence-corrected chi connectivity index (χ4v) is 7.24. The monoisotopic (exact) mass is 836 g/mol. The molecule has 20 heteroatoms. The Morgan fingerprint density at radius 2 is 1.78 bits per heavy atom. The molecular formula is C40H41F5N10O5. The molecule has 15 nitrogen and oxygen atoms in total. The second kappa shape index (κ2) is 16.8. The number of ether oxygens (including phenoxy) is 1. The molecule has 0 bridgehead atoms. The van der Waals surface area contributed by atoms with Crippen LogP contribution < -0.4 is 15.5 Å². The fourth-order valence-electron chi connectivity index (χ4n) is 7.24. The molecule has 2 aliphatic rings. The van der Waals surface area contributed by atoms with Crippen molar-refractivity contribution in [2.75, 3.05) is 38.3 Å². The van der Waals surface area contributed by atoms with Crippen LogP contribution in [-0.4, -0.2) is 92.6 Å². The molecule has 1 unspecified atom stereocenters. The molecule has 2 fully saturated rings. The maximum Gasteiger partial charge on any atom is 0.401 e. The highest BCUT2D eigenvalue weighted by atomic mass is 19.4. The Labute approximate surface area is 340 Å². The minimum atomic E-state index is -4.58. The van der Waals surface area contributed by atoms with E-state index in [4.69, 9.17) is 9.26 Å². The van der Waals surface area contributed by atoms with Crippen LogP contribution in [0.25, 0.3) is 22.6 Å². The summed E-state index contributed by atoms with van der Waals surface area (Å²) in [6, 6.07) is 10.2. The first-order valence-electron chi connectivity index (χ1n) is 19.0. The largest absolute Gasteiger partial charge is 0.401 e. The number of amides is 4. The summed E-state index contributed by atoms with van der Waals surface area (Å²) >= 11 is 0. The number of anilines is 1. The van der Waals surface area contributed by atoms with Crippen LogP contribution in [0.5, 0.6) is 0 Å². The van der Waals surface area contributed by atoms with Crippen molar-refractivity contribution < 1.29 is 45.6 Å². The van der Waals surface area contributed by atoms with Crippen molar-refractivity contribution in [3.05, 3.63) is 94.5 Å². The summed E-state index contributed by atoms with van der Waals surface area (Å²) in [6.07, 6.45) is -1.60. The number of carbonyl (C=O) groups is 3. The molecule has 7 rings (SSSR count). The molecule has 1 atom stereocenters. The number of alkyl halides is 3. The summed E-state index contributed by atoms with van der Waals surface area (Å²) in [4.78, 5) is 52.6. The van der Waals surface area contributed by atoms with Crippen molar-refractivity contribution >= 4 is 23.5 Å². The van der Waals surface area contributed by atoms with E-state index < -0.39 is 46.9 Å². The number of nitrogens with one attached hydrogen (secondary N) is 3. The van der Waals surface area contributed by atoms with Gasteiger partial charge in [0.1, 0.15) is 22.9 Å². The topological polar surface area (TPSA) is 184 Å². The highest BCUT2D eigenvalue weighted by Gasteiger charge is 2.51. The van der Waals surface area contributed by atoms with Gasteiger partial charge in [-0.2, -0.15) is 18.3 Å². The quantitative estimate of drug-likeness (QED) is 0.120. The van der Waals surface area contributed by atoms with Gasteiger partial charge in [-0.3, -0.25) is 29.8 Å². The predicted octanol–water partition coefficient (Wildman–Crippen LogP) is 6.29. The van der Waals surface area contributed by atoms with Gasteiger partial charge in [-0.1, -0.05) is 23.4 Å². The van der Waals surface area contributed by atoms with Crippen LogP contribution in [0.15, 0.2) is 53.2 Å². The number of benzene rings is 2. The molecule has 2 aromatic carbocycles. The zero-order valence-corrected chi connectivity index (χ0v) is 33.0. The number of carbonyl (C=O) groups excluding carboxylic acids is 3. The van der Waals surface area contributed by atoms with Gasteiger partial charge in [0, 0.05) is 49.2 Å². The number of hydrogen-bond acceptors (Lipinski definition) is 11. The molecule has 0 aliphatic carbocycles. The first kappa shape index (κ1) is 42.0. The van der Waals surface area contributed by atoms with Gasteiger partial charge in [-0.25, -0.2) is 28.5 Å². The molecule has 316 valence electrons. The summed E-state index contributed by atoms with van der Waals surface area (Å²) in [5.41, 5.74) is 0.602. The Hall–Kier alpha value is -6.15. The smallest absolute Gasteiger partial charge is 0.383 e. The van der Waals surface area contributed by atoms with E-state index >= 15 is 8.78 Å². The second-order valence-corrected chi connectivity index (χ2v) is 15.2. The SMILES string of the molecule is COCC(c1ccc(-c2cnc(-c3cc(C(=O)NCc4nc(C(C)(C)C(F)(F)F)n[nH]4)on3)nc2C)c(F)c1)N1CCC(c2ccc(N3CCC(=O)NC3=O)c(F)c2)CC1. The molecule has 0 saturated carbocycles. The number of H-pyrrole nitrogens is 1. The van der Waals surface area contributed by atoms with E-state index in [1.165, 1.54) is 29.3 Å².